The van der Waals surface area contributed by atoms with Gasteiger partial charge < -0.3 is 5.73 Å². The van der Waals surface area contributed by atoms with E-state index < -0.39 is 0 Å². The van der Waals surface area contributed by atoms with Crippen LogP contribution in [0.3, 0.4) is 0 Å². The predicted molar refractivity (Wildman–Crippen MR) is 65.0 cm³/mol. The van der Waals surface area contributed by atoms with Gasteiger partial charge in [-0.25, -0.2) is 9.67 Å². The molecule has 0 amide bonds. The van der Waals surface area contributed by atoms with Crippen LogP contribution in [-0.2, 0) is 0 Å². The van der Waals surface area contributed by atoms with Crippen molar-refractivity contribution in [2.75, 3.05) is 5.73 Å². The van der Waals surface area contributed by atoms with E-state index >= 15 is 0 Å². The van der Waals surface area contributed by atoms with Gasteiger partial charge in [-0.2, -0.15) is 5.10 Å². The fraction of sp³-hybridized carbons (Fsp3) is 0.273. The Balaban J connectivity index is 2.59. The van der Waals surface area contributed by atoms with Crippen molar-refractivity contribution in [1.29, 1.82) is 0 Å². The lowest BCUT2D eigenvalue weighted by atomic mass is 10.3. The number of pyridine rings is 1. The van der Waals surface area contributed by atoms with E-state index in [2.05, 4.69) is 10.1 Å². The summed E-state index contributed by atoms with van der Waals surface area (Å²) in [6.07, 6.45) is 0. The lowest BCUT2D eigenvalue weighted by Gasteiger charge is -2.05. The normalized spacial score (nSPS) is 10.8. The molecule has 0 aliphatic heterocycles. The Morgan fingerprint density at radius 2 is 1.88 bits per heavy atom. The van der Waals surface area contributed by atoms with Crippen molar-refractivity contribution in [3.8, 4) is 5.82 Å². The first-order valence-corrected chi connectivity index (χ1v) is 5.33. The molecule has 4 nitrogen and oxygen atoms in total. The first kappa shape index (κ1) is 11.0. The number of aryl methyl sites for hydroxylation is 2. The van der Waals surface area contributed by atoms with Crippen LogP contribution < -0.4 is 5.73 Å². The zero-order chi connectivity index (χ0) is 11.9. The molecule has 0 atom stereocenters. The van der Waals surface area contributed by atoms with Crippen LogP contribution in [0.1, 0.15) is 17.1 Å². The largest absolute Gasteiger partial charge is 0.397 e. The summed E-state index contributed by atoms with van der Waals surface area (Å²) in [6, 6.07) is 3.65. The van der Waals surface area contributed by atoms with Gasteiger partial charge in [0, 0.05) is 0 Å². The van der Waals surface area contributed by atoms with Crippen molar-refractivity contribution in [3.05, 3.63) is 34.2 Å². The molecule has 2 N–H and O–H groups in total. The van der Waals surface area contributed by atoms with Gasteiger partial charge in [0.05, 0.1) is 27.8 Å². The van der Waals surface area contributed by atoms with Gasteiger partial charge in [0.15, 0.2) is 5.82 Å². The smallest absolute Gasteiger partial charge is 0.154 e. The van der Waals surface area contributed by atoms with Gasteiger partial charge in [0.1, 0.15) is 0 Å². The number of hydrogen-bond donors (Lipinski definition) is 1. The molecule has 84 valence electrons. The van der Waals surface area contributed by atoms with Crippen LogP contribution in [0.15, 0.2) is 12.1 Å². The molecule has 0 aliphatic carbocycles. The van der Waals surface area contributed by atoms with Gasteiger partial charge in [-0.15, -0.1) is 0 Å². The summed E-state index contributed by atoms with van der Waals surface area (Å²) in [4.78, 5) is 4.38. The molecule has 5 heteroatoms. The molecule has 0 aliphatic rings. The maximum absolute atomic E-state index is 6.08. The minimum Gasteiger partial charge on any atom is -0.397 e. The third-order valence-corrected chi connectivity index (χ3v) is 3.08. The lowest BCUT2D eigenvalue weighted by Crippen LogP contribution is -2.04. The molecule has 0 fully saturated rings. The van der Waals surface area contributed by atoms with Crippen LogP contribution in [0.25, 0.3) is 5.82 Å². The van der Waals surface area contributed by atoms with Gasteiger partial charge in [0.25, 0.3) is 0 Å². The van der Waals surface area contributed by atoms with Crippen LogP contribution in [0.2, 0.25) is 5.02 Å². The number of aromatic nitrogens is 3. The van der Waals surface area contributed by atoms with E-state index in [0.717, 1.165) is 22.9 Å². The van der Waals surface area contributed by atoms with E-state index in [9.17, 15) is 0 Å². The second-order valence-corrected chi connectivity index (χ2v) is 4.12. The molecular weight excluding hydrogens is 224 g/mol. The van der Waals surface area contributed by atoms with Crippen molar-refractivity contribution in [1.82, 2.24) is 14.8 Å². The Kier molecular flexibility index (Phi) is 2.59. The van der Waals surface area contributed by atoms with Crippen LogP contribution in [0.4, 0.5) is 5.69 Å². The summed E-state index contributed by atoms with van der Waals surface area (Å²) in [5, 5.41) is 5.01. The van der Waals surface area contributed by atoms with Crippen LogP contribution in [0, 0.1) is 20.8 Å². The molecule has 0 radical (unpaired) electrons. The van der Waals surface area contributed by atoms with E-state index in [1.807, 2.05) is 32.9 Å². The Morgan fingerprint density at radius 3 is 2.38 bits per heavy atom. The SMILES string of the molecule is Cc1nc(-n2nc(C)c(Cl)c2C)ccc1N. The number of rotatable bonds is 1. The standard InChI is InChI=1S/C11H13ClN4/c1-6-9(13)4-5-10(14-6)16-8(3)11(12)7(2)15-16/h4-5H,13H2,1-3H3. The number of hydrogen-bond acceptors (Lipinski definition) is 3. The van der Waals surface area contributed by atoms with Gasteiger partial charge in [-0.1, -0.05) is 11.6 Å². The van der Waals surface area contributed by atoms with E-state index in [-0.39, 0.29) is 0 Å². The fourth-order valence-corrected chi connectivity index (χ4v) is 1.64. The van der Waals surface area contributed by atoms with Crippen molar-refractivity contribution >= 4 is 17.3 Å². The third kappa shape index (κ3) is 1.65. The first-order valence-electron chi connectivity index (χ1n) is 4.96. The lowest BCUT2D eigenvalue weighted by molar-refractivity contribution is 0.802. The molecular formula is C11H13ClN4. The summed E-state index contributed by atoms with van der Waals surface area (Å²) < 4.78 is 1.73. The van der Waals surface area contributed by atoms with E-state index in [0.29, 0.717) is 10.7 Å². The molecule has 2 heterocycles. The summed E-state index contributed by atoms with van der Waals surface area (Å²) in [5.41, 5.74) is 8.88. The summed E-state index contributed by atoms with van der Waals surface area (Å²) >= 11 is 6.08. The average Bonchev–Trinajstić information content (AvgIpc) is 2.50. The van der Waals surface area contributed by atoms with Crippen LogP contribution >= 0.6 is 11.6 Å². The van der Waals surface area contributed by atoms with Gasteiger partial charge >= 0.3 is 0 Å². The number of nitrogen functional groups attached to an aromatic ring is 1. The Hall–Kier alpha value is -1.55. The monoisotopic (exact) mass is 236 g/mol. The van der Waals surface area contributed by atoms with Crippen molar-refractivity contribution in [2.24, 2.45) is 0 Å². The quantitative estimate of drug-likeness (QED) is 0.827. The number of halogens is 1. The highest BCUT2D eigenvalue weighted by atomic mass is 35.5. The number of anilines is 1. The van der Waals surface area contributed by atoms with Crippen LogP contribution in [-0.4, -0.2) is 14.8 Å². The second kappa shape index (κ2) is 3.79. The maximum Gasteiger partial charge on any atom is 0.154 e. The molecule has 2 aromatic heterocycles. The van der Waals surface area contributed by atoms with E-state index in [1.54, 1.807) is 4.68 Å². The molecule has 2 aromatic rings. The first-order chi connectivity index (χ1) is 7.50. The Labute approximate surface area is 99.1 Å². The molecule has 0 spiro atoms. The fourth-order valence-electron chi connectivity index (χ4n) is 1.52. The van der Waals surface area contributed by atoms with Gasteiger partial charge in [-0.3, -0.25) is 0 Å². The summed E-state index contributed by atoms with van der Waals surface area (Å²) in [5.74, 6) is 0.735. The molecule has 0 saturated carbocycles. The maximum atomic E-state index is 6.08. The zero-order valence-corrected chi connectivity index (χ0v) is 10.2. The minimum atomic E-state index is 0.677. The van der Waals surface area contributed by atoms with Gasteiger partial charge in [-0.05, 0) is 32.9 Å². The number of nitrogens with zero attached hydrogens (tertiary/aromatic N) is 3. The predicted octanol–water partition coefficient (Wildman–Crippen LogP) is 2.43. The summed E-state index contributed by atoms with van der Waals surface area (Å²) in [6.45, 7) is 5.65. The number of nitrogens with two attached hydrogens (primary N) is 1. The third-order valence-electron chi connectivity index (χ3n) is 2.53. The Morgan fingerprint density at radius 1 is 1.19 bits per heavy atom. The minimum absolute atomic E-state index is 0.677. The zero-order valence-electron chi connectivity index (χ0n) is 9.45. The molecule has 0 saturated heterocycles. The summed E-state index contributed by atoms with van der Waals surface area (Å²) in [7, 11) is 0. The van der Waals surface area contributed by atoms with E-state index in [4.69, 9.17) is 17.3 Å². The molecule has 0 aromatic carbocycles. The van der Waals surface area contributed by atoms with Crippen molar-refractivity contribution in [3.63, 3.8) is 0 Å². The Bertz CT molecular complexity index is 545. The second-order valence-electron chi connectivity index (χ2n) is 3.74. The molecule has 16 heavy (non-hydrogen) atoms. The van der Waals surface area contributed by atoms with Crippen LogP contribution in [0.5, 0.6) is 0 Å². The average molecular weight is 237 g/mol. The van der Waals surface area contributed by atoms with Gasteiger partial charge in [0.2, 0.25) is 0 Å². The highest BCUT2D eigenvalue weighted by molar-refractivity contribution is 6.31. The molecule has 0 unspecified atom stereocenters. The van der Waals surface area contributed by atoms with Crippen molar-refractivity contribution in [2.45, 2.75) is 20.8 Å². The molecule has 0 bridgehead atoms. The van der Waals surface area contributed by atoms with E-state index in [1.165, 1.54) is 0 Å². The highest BCUT2D eigenvalue weighted by Crippen LogP contribution is 2.22. The molecule has 2 rings (SSSR count). The topological polar surface area (TPSA) is 56.7 Å². The highest BCUT2D eigenvalue weighted by Gasteiger charge is 2.11. The van der Waals surface area contributed by atoms with Crippen molar-refractivity contribution < 1.29 is 0 Å².